The Kier molecular flexibility index (Phi) is 7.84. The first-order chi connectivity index (χ1) is 9.69. The molecule has 0 spiro atoms. The van der Waals surface area contributed by atoms with Crippen LogP contribution < -0.4 is 10.1 Å². The molecule has 0 aliphatic carbocycles. The van der Waals surface area contributed by atoms with Crippen LogP contribution in [0.15, 0.2) is 24.8 Å². The van der Waals surface area contributed by atoms with E-state index < -0.39 is 11.6 Å². The molecule has 0 amide bonds. The molecule has 0 saturated carbocycles. The molecule has 0 saturated heterocycles. The van der Waals surface area contributed by atoms with Crippen LogP contribution in [0.4, 0.5) is 8.78 Å². The van der Waals surface area contributed by atoms with Crippen molar-refractivity contribution < 1.29 is 18.3 Å². The fourth-order valence-electron chi connectivity index (χ4n) is 1.66. The highest BCUT2D eigenvalue weighted by Crippen LogP contribution is 2.23. The van der Waals surface area contributed by atoms with Crippen molar-refractivity contribution in [3.63, 3.8) is 0 Å². The second kappa shape index (κ2) is 9.44. The molecule has 1 aromatic carbocycles. The third kappa shape index (κ3) is 5.67. The molecule has 3 nitrogen and oxygen atoms in total. The standard InChI is InChI=1S/C15H21F2NO2/c1-3-4-5-7-20-15-13(16)9-12(10-14(15)17)11-18-6-8-19-2/h3,9-10,18H,1,4-8,11H2,2H3. The normalized spacial score (nSPS) is 10.6. The summed E-state index contributed by atoms with van der Waals surface area (Å²) in [6, 6.07) is 2.57. The van der Waals surface area contributed by atoms with E-state index in [0.29, 0.717) is 31.7 Å². The summed E-state index contributed by atoms with van der Waals surface area (Å²) in [7, 11) is 1.60. The first-order valence-corrected chi connectivity index (χ1v) is 6.60. The van der Waals surface area contributed by atoms with Gasteiger partial charge in [0, 0.05) is 20.2 Å². The van der Waals surface area contributed by atoms with Crippen molar-refractivity contribution in [3.8, 4) is 5.75 Å². The molecule has 1 N–H and O–H groups in total. The lowest BCUT2D eigenvalue weighted by Gasteiger charge is -2.10. The number of methoxy groups -OCH3 is 1. The minimum absolute atomic E-state index is 0.269. The van der Waals surface area contributed by atoms with E-state index in [-0.39, 0.29) is 12.4 Å². The van der Waals surface area contributed by atoms with Gasteiger partial charge in [0.15, 0.2) is 17.4 Å². The Bertz CT molecular complexity index is 401. The zero-order chi connectivity index (χ0) is 14.8. The molecule has 5 heteroatoms. The van der Waals surface area contributed by atoms with Crippen LogP contribution in [0, 0.1) is 11.6 Å². The number of hydrogen-bond acceptors (Lipinski definition) is 3. The molecule has 1 aromatic rings. The largest absolute Gasteiger partial charge is 0.488 e. The summed E-state index contributed by atoms with van der Waals surface area (Å²) in [6.07, 6.45) is 3.18. The highest BCUT2D eigenvalue weighted by molar-refractivity contribution is 5.31. The van der Waals surface area contributed by atoms with Gasteiger partial charge in [0.1, 0.15) is 0 Å². The SMILES string of the molecule is C=CCCCOc1c(F)cc(CNCCOC)cc1F. The van der Waals surface area contributed by atoms with Gasteiger partial charge in [-0.3, -0.25) is 0 Å². The third-order valence-corrected chi connectivity index (χ3v) is 2.67. The van der Waals surface area contributed by atoms with Gasteiger partial charge in [-0.25, -0.2) is 8.78 Å². The Balaban J connectivity index is 2.54. The van der Waals surface area contributed by atoms with Crippen LogP contribution in [0.2, 0.25) is 0 Å². The van der Waals surface area contributed by atoms with Crippen molar-refractivity contribution in [3.05, 3.63) is 42.0 Å². The summed E-state index contributed by atoms with van der Waals surface area (Å²) in [4.78, 5) is 0. The van der Waals surface area contributed by atoms with E-state index in [9.17, 15) is 8.78 Å². The molecule has 1 rings (SSSR count). The van der Waals surface area contributed by atoms with Crippen molar-refractivity contribution in [1.29, 1.82) is 0 Å². The molecular weight excluding hydrogens is 264 g/mol. The summed E-state index contributed by atoms with van der Waals surface area (Å²) < 4.78 is 37.5. The van der Waals surface area contributed by atoms with Gasteiger partial charge in [0.05, 0.1) is 13.2 Å². The Morgan fingerprint density at radius 2 is 1.95 bits per heavy atom. The number of ether oxygens (including phenoxy) is 2. The zero-order valence-electron chi connectivity index (χ0n) is 11.8. The van der Waals surface area contributed by atoms with Crippen LogP contribution in [0.3, 0.4) is 0 Å². The number of hydrogen-bond donors (Lipinski definition) is 1. The highest BCUT2D eigenvalue weighted by atomic mass is 19.1. The van der Waals surface area contributed by atoms with E-state index >= 15 is 0 Å². The molecular formula is C15H21F2NO2. The Labute approximate surface area is 118 Å². The first kappa shape index (κ1) is 16.6. The maximum absolute atomic E-state index is 13.8. The van der Waals surface area contributed by atoms with E-state index in [1.54, 1.807) is 13.2 Å². The van der Waals surface area contributed by atoms with E-state index in [2.05, 4.69) is 11.9 Å². The predicted molar refractivity (Wildman–Crippen MR) is 74.9 cm³/mol. The number of unbranched alkanes of at least 4 members (excludes halogenated alkanes) is 1. The van der Waals surface area contributed by atoms with Crippen molar-refractivity contribution >= 4 is 0 Å². The molecule has 0 aromatic heterocycles. The summed E-state index contributed by atoms with van der Waals surface area (Å²) in [5, 5.41) is 3.03. The lowest BCUT2D eigenvalue weighted by atomic mass is 10.2. The quantitative estimate of drug-likeness (QED) is 0.529. The fraction of sp³-hybridized carbons (Fsp3) is 0.467. The summed E-state index contributed by atoms with van der Waals surface area (Å²) in [6.45, 7) is 5.40. The number of halogens is 2. The lowest BCUT2D eigenvalue weighted by Crippen LogP contribution is -2.18. The Morgan fingerprint density at radius 3 is 2.55 bits per heavy atom. The predicted octanol–water partition coefficient (Wildman–Crippen LogP) is 3.05. The van der Waals surface area contributed by atoms with Gasteiger partial charge in [-0.15, -0.1) is 6.58 Å². The van der Waals surface area contributed by atoms with E-state index in [0.717, 1.165) is 6.42 Å². The number of benzene rings is 1. The van der Waals surface area contributed by atoms with Crippen molar-refractivity contribution in [2.24, 2.45) is 0 Å². The molecule has 0 fully saturated rings. The second-order valence-electron chi connectivity index (χ2n) is 4.34. The molecule has 0 heterocycles. The minimum Gasteiger partial charge on any atom is -0.488 e. The van der Waals surface area contributed by atoms with Gasteiger partial charge in [-0.1, -0.05) is 6.08 Å². The van der Waals surface area contributed by atoms with Crippen molar-refractivity contribution in [2.75, 3.05) is 26.9 Å². The summed E-state index contributed by atoms with van der Waals surface area (Å²) in [5.41, 5.74) is 0.537. The Hall–Kier alpha value is -1.46. The van der Waals surface area contributed by atoms with Crippen molar-refractivity contribution in [2.45, 2.75) is 19.4 Å². The smallest absolute Gasteiger partial charge is 0.190 e. The van der Waals surface area contributed by atoms with Crippen molar-refractivity contribution in [1.82, 2.24) is 5.32 Å². The topological polar surface area (TPSA) is 30.5 Å². The maximum atomic E-state index is 13.8. The average molecular weight is 285 g/mol. The fourth-order valence-corrected chi connectivity index (χ4v) is 1.66. The van der Waals surface area contributed by atoms with Gasteiger partial charge in [-0.05, 0) is 30.5 Å². The van der Waals surface area contributed by atoms with E-state index in [4.69, 9.17) is 9.47 Å². The number of rotatable bonds is 10. The van der Waals surface area contributed by atoms with Crippen LogP contribution in [0.1, 0.15) is 18.4 Å². The number of allylic oxidation sites excluding steroid dienone is 1. The van der Waals surface area contributed by atoms with Crippen LogP contribution in [0.25, 0.3) is 0 Å². The van der Waals surface area contributed by atoms with Crippen LogP contribution in [-0.4, -0.2) is 26.9 Å². The zero-order valence-corrected chi connectivity index (χ0v) is 11.8. The molecule has 0 bridgehead atoms. The van der Waals surface area contributed by atoms with Crippen LogP contribution >= 0.6 is 0 Å². The van der Waals surface area contributed by atoms with Crippen LogP contribution in [0.5, 0.6) is 5.75 Å². The molecule has 0 atom stereocenters. The average Bonchev–Trinajstić information content (AvgIpc) is 2.42. The number of nitrogens with one attached hydrogen (secondary N) is 1. The van der Waals surface area contributed by atoms with Gasteiger partial charge in [0.2, 0.25) is 0 Å². The Morgan fingerprint density at radius 1 is 1.25 bits per heavy atom. The van der Waals surface area contributed by atoms with E-state index in [1.165, 1.54) is 12.1 Å². The third-order valence-electron chi connectivity index (χ3n) is 2.67. The molecule has 0 radical (unpaired) electrons. The minimum atomic E-state index is -0.674. The first-order valence-electron chi connectivity index (χ1n) is 6.60. The van der Waals surface area contributed by atoms with Gasteiger partial charge in [0.25, 0.3) is 0 Å². The highest BCUT2D eigenvalue weighted by Gasteiger charge is 2.12. The molecule has 0 aliphatic heterocycles. The molecule has 0 unspecified atom stereocenters. The second-order valence-corrected chi connectivity index (χ2v) is 4.34. The monoisotopic (exact) mass is 285 g/mol. The lowest BCUT2D eigenvalue weighted by molar-refractivity contribution is 0.199. The maximum Gasteiger partial charge on any atom is 0.190 e. The van der Waals surface area contributed by atoms with Crippen LogP contribution in [-0.2, 0) is 11.3 Å². The summed E-state index contributed by atoms with van der Waals surface area (Å²) >= 11 is 0. The van der Waals surface area contributed by atoms with Gasteiger partial charge >= 0.3 is 0 Å². The molecule has 112 valence electrons. The summed E-state index contributed by atoms with van der Waals surface area (Å²) in [5.74, 6) is -1.66. The molecule has 20 heavy (non-hydrogen) atoms. The van der Waals surface area contributed by atoms with Gasteiger partial charge in [-0.2, -0.15) is 0 Å². The van der Waals surface area contributed by atoms with E-state index in [1.807, 2.05) is 0 Å². The van der Waals surface area contributed by atoms with Gasteiger partial charge < -0.3 is 14.8 Å². The molecule has 0 aliphatic rings.